The molecule has 1 fully saturated rings. The first kappa shape index (κ1) is 23.5. The third kappa shape index (κ3) is 7.18. The lowest BCUT2D eigenvalue weighted by Gasteiger charge is -2.22. The second-order valence-corrected chi connectivity index (χ2v) is 7.33. The zero-order valence-electron chi connectivity index (χ0n) is 17.1. The van der Waals surface area contributed by atoms with Crippen molar-refractivity contribution in [2.45, 2.75) is 57.8 Å². The third-order valence-corrected chi connectivity index (χ3v) is 4.80. The number of ether oxygens (including phenoxy) is 1. The molecule has 1 aliphatic carbocycles. The van der Waals surface area contributed by atoms with E-state index >= 15 is 0 Å². The van der Waals surface area contributed by atoms with Gasteiger partial charge in [-0.05, 0) is 63.3 Å². The fraction of sp³-hybridized carbons (Fsp3) is 0.524. The number of furan rings is 1. The molecule has 3 N–H and O–H groups in total. The summed E-state index contributed by atoms with van der Waals surface area (Å²) < 4.78 is 11.3. The van der Waals surface area contributed by atoms with E-state index in [2.05, 4.69) is 20.6 Å². The molecule has 0 saturated heterocycles. The van der Waals surface area contributed by atoms with Gasteiger partial charge in [0.15, 0.2) is 5.96 Å². The maximum Gasteiger partial charge on any atom is 0.213 e. The van der Waals surface area contributed by atoms with Gasteiger partial charge in [-0.15, -0.1) is 24.0 Å². The predicted molar refractivity (Wildman–Crippen MR) is 124 cm³/mol. The van der Waals surface area contributed by atoms with Crippen LogP contribution >= 0.6 is 24.0 Å². The van der Waals surface area contributed by atoms with Crippen molar-refractivity contribution >= 4 is 29.9 Å². The summed E-state index contributed by atoms with van der Waals surface area (Å²) in [6, 6.07) is 7.41. The summed E-state index contributed by atoms with van der Waals surface area (Å²) in [6.45, 7) is 5.20. The molecule has 1 aliphatic rings. The van der Waals surface area contributed by atoms with Crippen LogP contribution in [0.5, 0.6) is 5.88 Å². The first-order chi connectivity index (χ1) is 13.6. The molecule has 0 spiro atoms. The van der Waals surface area contributed by atoms with Crippen LogP contribution in [-0.2, 0) is 12.1 Å². The van der Waals surface area contributed by atoms with Crippen LogP contribution in [0.1, 0.15) is 50.9 Å². The second kappa shape index (κ2) is 11.4. The number of guanidine groups is 1. The lowest BCUT2D eigenvalue weighted by molar-refractivity contribution is 0.0386. The number of rotatable bonds is 8. The van der Waals surface area contributed by atoms with Gasteiger partial charge in [0.2, 0.25) is 5.88 Å². The van der Waals surface area contributed by atoms with Crippen molar-refractivity contribution < 1.29 is 14.3 Å². The summed E-state index contributed by atoms with van der Waals surface area (Å²) in [6.07, 6.45) is 8.27. The highest BCUT2D eigenvalue weighted by molar-refractivity contribution is 14.0. The normalized spacial score (nSPS) is 16.7. The van der Waals surface area contributed by atoms with Gasteiger partial charge in [-0.1, -0.05) is 0 Å². The molecular formula is C21H31IN4O3. The van der Waals surface area contributed by atoms with Crippen LogP contribution in [0, 0.1) is 0 Å². The Bertz CT molecular complexity index is 759. The van der Waals surface area contributed by atoms with E-state index in [0.717, 1.165) is 24.9 Å². The molecule has 0 aliphatic heterocycles. The van der Waals surface area contributed by atoms with Crippen molar-refractivity contribution in [1.29, 1.82) is 0 Å². The molecule has 160 valence electrons. The van der Waals surface area contributed by atoms with E-state index < -0.39 is 5.60 Å². The number of hydrogen-bond donors (Lipinski definition) is 3. The molecular weight excluding hydrogens is 483 g/mol. The number of nitrogens with one attached hydrogen (secondary N) is 2. The highest BCUT2D eigenvalue weighted by Gasteiger charge is 2.26. The Morgan fingerprint density at radius 1 is 1.34 bits per heavy atom. The van der Waals surface area contributed by atoms with Gasteiger partial charge >= 0.3 is 0 Å². The molecule has 2 heterocycles. The first-order valence-corrected chi connectivity index (χ1v) is 9.97. The van der Waals surface area contributed by atoms with Gasteiger partial charge in [-0.3, -0.25) is 0 Å². The fourth-order valence-electron chi connectivity index (χ4n) is 3.23. The Morgan fingerprint density at radius 3 is 2.83 bits per heavy atom. The molecule has 8 heteroatoms. The topological polar surface area (TPSA) is 91.9 Å². The predicted octanol–water partition coefficient (Wildman–Crippen LogP) is 3.58. The van der Waals surface area contributed by atoms with Crippen molar-refractivity contribution in [1.82, 2.24) is 15.6 Å². The molecule has 7 nitrogen and oxygen atoms in total. The molecule has 0 radical (unpaired) electrons. The van der Waals surface area contributed by atoms with Gasteiger partial charge in [0.05, 0.1) is 19.4 Å². The van der Waals surface area contributed by atoms with E-state index in [9.17, 15) is 5.11 Å². The molecule has 0 amide bonds. The van der Waals surface area contributed by atoms with Crippen LogP contribution in [0.25, 0.3) is 0 Å². The number of aromatic nitrogens is 1. The van der Waals surface area contributed by atoms with Crippen LogP contribution in [0.15, 0.2) is 46.1 Å². The SMILES string of the molecule is CCNC(=NCc1ccnc(OC2CCCC2)c1)NCC(C)(O)c1ccco1.I. The van der Waals surface area contributed by atoms with Crippen LogP contribution in [0.4, 0.5) is 0 Å². The van der Waals surface area contributed by atoms with Gasteiger partial charge in [0, 0.05) is 18.8 Å². The second-order valence-electron chi connectivity index (χ2n) is 7.33. The van der Waals surface area contributed by atoms with Crippen LogP contribution in [0.2, 0.25) is 0 Å². The molecule has 29 heavy (non-hydrogen) atoms. The van der Waals surface area contributed by atoms with E-state index in [1.165, 1.54) is 12.8 Å². The van der Waals surface area contributed by atoms with Gasteiger partial charge < -0.3 is 24.9 Å². The summed E-state index contributed by atoms with van der Waals surface area (Å²) in [7, 11) is 0. The minimum atomic E-state index is -1.13. The smallest absolute Gasteiger partial charge is 0.213 e. The van der Waals surface area contributed by atoms with Crippen molar-refractivity contribution in [2.24, 2.45) is 4.99 Å². The van der Waals surface area contributed by atoms with Crippen molar-refractivity contribution in [3.8, 4) is 5.88 Å². The summed E-state index contributed by atoms with van der Waals surface area (Å²) in [5, 5.41) is 17.0. The lowest BCUT2D eigenvalue weighted by Crippen LogP contribution is -2.44. The van der Waals surface area contributed by atoms with Gasteiger partial charge in [0.1, 0.15) is 17.5 Å². The molecule has 1 saturated carbocycles. The number of nitrogens with zero attached hydrogens (tertiary/aromatic N) is 2. The first-order valence-electron chi connectivity index (χ1n) is 9.97. The van der Waals surface area contributed by atoms with Crippen molar-refractivity contribution in [2.75, 3.05) is 13.1 Å². The minimum absolute atomic E-state index is 0. The Labute approximate surface area is 189 Å². The summed E-state index contributed by atoms with van der Waals surface area (Å²) in [5.74, 6) is 1.81. The standard InChI is InChI=1S/C21H30N4O3.HI/c1-3-22-20(25-15-21(2,26)18-9-6-12-27-18)24-14-16-10-11-23-19(13-16)28-17-7-4-5-8-17;/h6,9-13,17,26H,3-5,7-8,14-15H2,1-2H3,(H2,22,24,25);1H. The lowest BCUT2D eigenvalue weighted by atomic mass is 10.0. The van der Waals surface area contributed by atoms with E-state index in [1.54, 1.807) is 31.5 Å². The Morgan fingerprint density at radius 2 is 2.14 bits per heavy atom. The number of hydrogen-bond acceptors (Lipinski definition) is 5. The Hall–Kier alpha value is -1.81. The number of pyridine rings is 1. The largest absolute Gasteiger partial charge is 0.474 e. The molecule has 0 aromatic carbocycles. The highest BCUT2D eigenvalue weighted by atomic mass is 127. The summed E-state index contributed by atoms with van der Waals surface area (Å²) >= 11 is 0. The summed E-state index contributed by atoms with van der Waals surface area (Å²) in [5.41, 5.74) is -0.100. The van der Waals surface area contributed by atoms with Crippen LogP contribution < -0.4 is 15.4 Å². The van der Waals surface area contributed by atoms with E-state index in [4.69, 9.17) is 9.15 Å². The van der Waals surface area contributed by atoms with Crippen molar-refractivity contribution in [3.05, 3.63) is 48.0 Å². The maximum absolute atomic E-state index is 10.6. The molecule has 1 atom stereocenters. The van der Waals surface area contributed by atoms with Crippen molar-refractivity contribution in [3.63, 3.8) is 0 Å². The van der Waals surface area contributed by atoms with Crippen LogP contribution in [-0.4, -0.2) is 35.2 Å². The van der Waals surface area contributed by atoms with E-state index in [0.29, 0.717) is 24.1 Å². The fourth-order valence-corrected chi connectivity index (χ4v) is 3.23. The minimum Gasteiger partial charge on any atom is -0.474 e. The molecule has 1 unspecified atom stereocenters. The van der Waals surface area contributed by atoms with Gasteiger partial charge in [-0.25, -0.2) is 9.98 Å². The highest BCUT2D eigenvalue weighted by Crippen LogP contribution is 2.23. The maximum atomic E-state index is 10.6. The Kier molecular flexibility index (Phi) is 9.22. The zero-order chi connectivity index (χ0) is 19.8. The third-order valence-electron chi connectivity index (χ3n) is 4.80. The van der Waals surface area contributed by atoms with E-state index in [1.807, 2.05) is 19.1 Å². The zero-order valence-corrected chi connectivity index (χ0v) is 19.4. The average molecular weight is 514 g/mol. The number of aliphatic hydroxyl groups is 1. The molecule has 0 bridgehead atoms. The molecule has 2 aromatic rings. The van der Waals surface area contributed by atoms with E-state index in [-0.39, 0.29) is 36.6 Å². The Balaban J connectivity index is 0.00000300. The number of aliphatic imine (C=N–C) groups is 1. The molecule has 3 rings (SSSR count). The number of halogens is 1. The quantitative estimate of drug-likeness (QED) is 0.284. The van der Waals surface area contributed by atoms with Gasteiger partial charge in [-0.2, -0.15) is 0 Å². The van der Waals surface area contributed by atoms with Gasteiger partial charge in [0.25, 0.3) is 0 Å². The van der Waals surface area contributed by atoms with Crippen LogP contribution in [0.3, 0.4) is 0 Å². The monoisotopic (exact) mass is 514 g/mol. The average Bonchev–Trinajstić information content (AvgIpc) is 3.39. The summed E-state index contributed by atoms with van der Waals surface area (Å²) in [4.78, 5) is 8.93. The molecule has 2 aromatic heterocycles.